The van der Waals surface area contributed by atoms with Crippen LogP contribution in [-0.4, -0.2) is 20.6 Å². The Morgan fingerprint density at radius 1 is 1.32 bits per heavy atom. The lowest BCUT2D eigenvalue weighted by atomic mass is 9.92. The Labute approximate surface area is 149 Å². The second-order valence-electron chi connectivity index (χ2n) is 8.21. The molecule has 1 aromatic heterocycles. The molecule has 136 valence electrons. The van der Waals surface area contributed by atoms with Gasteiger partial charge in [0.25, 0.3) is 0 Å². The van der Waals surface area contributed by atoms with Crippen molar-refractivity contribution in [2.45, 2.75) is 59.6 Å². The van der Waals surface area contributed by atoms with Crippen molar-refractivity contribution < 1.29 is 9.90 Å². The minimum atomic E-state index is -0.933. The Hall–Kier alpha value is -2.14. The van der Waals surface area contributed by atoms with Gasteiger partial charge in [-0.05, 0) is 43.4 Å². The Morgan fingerprint density at radius 3 is 2.56 bits per heavy atom. The summed E-state index contributed by atoms with van der Waals surface area (Å²) in [6, 6.07) is 5.69. The molecule has 2 aromatic rings. The van der Waals surface area contributed by atoms with Crippen molar-refractivity contribution in [2.24, 2.45) is 5.41 Å². The fourth-order valence-electron chi connectivity index (χ4n) is 2.70. The number of rotatable bonds is 6. The number of aliphatic hydroxyl groups is 1. The number of hydrogen-bond acceptors (Lipinski definition) is 3. The van der Waals surface area contributed by atoms with E-state index in [-0.39, 0.29) is 11.3 Å². The lowest BCUT2D eigenvalue weighted by Gasteiger charge is -2.18. The molecule has 1 heterocycles. The van der Waals surface area contributed by atoms with E-state index in [2.05, 4.69) is 16.9 Å². The van der Waals surface area contributed by atoms with Crippen LogP contribution < -0.4 is 5.32 Å². The smallest absolute Gasteiger partial charge is 0.227 e. The Morgan fingerprint density at radius 2 is 2.00 bits per heavy atom. The molecule has 1 amide bonds. The van der Waals surface area contributed by atoms with Gasteiger partial charge in [0.1, 0.15) is 0 Å². The molecule has 0 fully saturated rings. The first kappa shape index (κ1) is 19.2. The number of anilines is 1. The number of amides is 1. The molecule has 0 atom stereocenters. The van der Waals surface area contributed by atoms with Crippen molar-refractivity contribution in [3.8, 4) is 0 Å². The number of allylic oxidation sites excluding steroid dienone is 1. The molecular formula is C20H29N3O2. The van der Waals surface area contributed by atoms with Gasteiger partial charge in [0.2, 0.25) is 11.9 Å². The molecule has 0 spiro atoms. The molecule has 0 bridgehead atoms. The molecule has 0 saturated heterocycles. The number of imidazole rings is 1. The molecule has 0 radical (unpaired) electrons. The summed E-state index contributed by atoms with van der Waals surface area (Å²) >= 11 is 0. The number of fused-ring (bicyclic) bond motifs is 1. The van der Waals surface area contributed by atoms with Gasteiger partial charge < -0.3 is 9.67 Å². The lowest BCUT2D eigenvalue weighted by molar-refractivity contribution is -0.117. The maximum atomic E-state index is 12.3. The molecule has 0 unspecified atom stereocenters. The second-order valence-corrected chi connectivity index (χ2v) is 8.21. The first-order valence-corrected chi connectivity index (χ1v) is 8.65. The summed E-state index contributed by atoms with van der Waals surface area (Å²) in [6.45, 7) is 14.0. The van der Waals surface area contributed by atoms with E-state index in [1.807, 2.05) is 49.6 Å². The summed E-state index contributed by atoms with van der Waals surface area (Å²) in [5.74, 6) is 0.490. The zero-order valence-electron chi connectivity index (χ0n) is 15.9. The third kappa shape index (κ3) is 4.92. The second kappa shape index (κ2) is 7.00. The van der Waals surface area contributed by atoms with Crippen molar-refractivity contribution in [1.82, 2.24) is 9.55 Å². The molecule has 5 heteroatoms. The summed E-state index contributed by atoms with van der Waals surface area (Å²) < 4.78 is 1.98. The molecule has 5 nitrogen and oxygen atoms in total. The summed E-state index contributed by atoms with van der Waals surface area (Å²) in [5, 5.41) is 13.2. The highest BCUT2D eigenvalue weighted by Crippen LogP contribution is 2.27. The molecule has 0 aliphatic heterocycles. The maximum Gasteiger partial charge on any atom is 0.227 e. The molecule has 0 saturated carbocycles. The third-order valence-corrected chi connectivity index (χ3v) is 3.95. The van der Waals surface area contributed by atoms with Crippen LogP contribution in [0.3, 0.4) is 0 Å². The van der Waals surface area contributed by atoms with E-state index in [1.54, 1.807) is 13.8 Å². The first-order valence-electron chi connectivity index (χ1n) is 8.65. The van der Waals surface area contributed by atoms with Crippen molar-refractivity contribution in [3.63, 3.8) is 0 Å². The quantitative estimate of drug-likeness (QED) is 0.772. The highest BCUT2D eigenvalue weighted by atomic mass is 16.3. The van der Waals surface area contributed by atoms with Crippen LogP contribution in [0, 0.1) is 5.41 Å². The molecule has 1 aromatic carbocycles. The van der Waals surface area contributed by atoms with Gasteiger partial charge in [-0.2, -0.15) is 0 Å². The van der Waals surface area contributed by atoms with E-state index in [0.29, 0.717) is 18.9 Å². The summed E-state index contributed by atoms with van der Waals surface area (Å²) in [6.07, 6.45) is 3.03. The third-order valence-electron chi connectivity index (χ3n) is 3.95. The van der Waals surface area contributed by atoms with Crippen LogP contribution in [0.25, 0.3) is 11.0 Å². The van der Waals surface area contributed by atoms with Crippen LogP contribution in [0.4, 0.5) is 5.95 Å². The van der Waals surface area contributed by atoms with Crippen LogP contribution in [0.2, 0.25) is 0 Å². The lowest BCUT2D eigenvalue weighted by Crippen LogP contribution is -2.21. The normalized spacial score (nSPS) is 12.4. The van der Waals surface area contributed by atoms with E-state index >= 15 is 0 Å². The van der Waals surface area contributed by atoms with Crippen LogP contribution in [-0.2, 0) is 16.9 Å². The number of carbonyl (C=O) groups excluding carboxylic acids is 1. The van der Waals surface area contributed by atoms with E-state index in [1.165, 1.54) is 0 Å². The van der Waals surface area contributed by atoms with E-state index in [4.69, 9.17) is 0 Å². The van der Waals surface area contributed by atoms with Gasteiger partial charge in [-0.15, -0.1) is 6.58 Å². The SMILES string of the molecule is C=CCCn1c(NC(=O)CC(C)(C)C)nc2ccc(C(C)(C)O)cc21. The van der Waals surface area contributed by atoms with Crippen molar-refractivity contribution >= 4 is 22.9 Å². The minimum absolute atomic E-state index is 0.0506. The highest BCUT2D eigenvalue weighted by molar-refractivity contribution is 5.92. The largest absolute Gasteiger partial charge is 0.386 e. The van der Waals surface area contributed by atoms with Crippen molar-refractivity contribution in [1.29, 1.82) is 0 Å². The van der Waals surface area contributed by atoms with Gasteiger partial charge >= 0.3 is 0 Å². The summed E-state index contributed by atoms with van der Waals surface area (Å²) in [5.41, 5.74) is 1.48. The Balaban J connectivity index is 2.44. The highest BCUT2D eigenvalue weighted by Gasteiger charge is 2.21. The minimum Gasteiger partial charge on any atom is -0.386 e. The van der Waals surface area contributed by atoms with E-state index in [9.17, 15) is 9.90 Å². The van der Waals surface area contributed by atoms with Crippen molar-refractivity contribution in [3.05, 3.63) is 36.4 Å². The molecular weight excluding hydrogens is 314 g/mol. The molecule has 0 aliphatic rings. The van der Waals surface area contributed by atoms with Gasteiger partial charge in [-0.1, -0.05) is 32.9 Å². The summed E-state index contributed by atoms with van der Waals surface area (Å²) in [4.78, 5) is 16.9. The molecule has 2 N–H and O–H groups in total. The predicted molar refractivity (Wildman–Crippen MR) is 102 cm³/mol. The number of aromatic nitrogens is 2. The summed E-state index contributed by atoms with van der Waals surface area (Å²) in [7, 11) is 0. The maximum absolute atomic E-state index is 12.3. The average Bonchev–Trinajstić information content (AvgIpc) is 2.78. The van der Waals surface area contributed by atoms with Crippen LogP contribution >= 0.6 is 0 Å². The van der Waals surface area contributed by atoms with Gasteiger partial charge in [0.15, 0.2) is 0 Å². The van der Waals surface area contributed by atoms with Crippen LogP contribution in [0.1, 0.15) is 53.0 Å². The standard InChI is InChI=1S/C20H29N3O2/c1-7-8-11-23-16-12-14(20(5,6)25)9-10-15(16)21-18(23)22-17(24)13-19(2,3)4/h7,9-10,12,25H,1,8,11,13H2,2-6H3,(H,21,22,24). The predicted octanol–water partition coefficient (Wildman–Crippen LogP) is 4.21. The number of hydrogen-bond donors (Lipinski definition) is 2. The van der Waals surface area contributed by atoms with Gasteiger partial charge in [0, 0.05) is 13.0 Å². The van der Waals surface area contributed by atoms with Crippen molar-refractivity contribution in [2.75, 3.05) is 5.32 Å². The number of aryl methyl sites for hydroxylation is 1. The first-order chi connectivity index (χ1) is 11.5. The molecule has 25 heavy (non-hydrogen) atoms. The number of carbonyl (C=O) groups is 1. The monoisotopic (exact) mass is 343 g/mol. The Kier molecular flexibility index (Phi) is 5.37. The number of benzene rings is 1. The number of nitrogens with one attached hydrogen (secondary N) is 1. The zero-order valence-corrected chi connectivity index (χ0v) is 15.9. The fraction of sp³-hybridized carbons (Fsp3) is 0.500. The van der Waals surface area contributed by atoms with Gasteiger partial charge in [0.05, 0.1) is 16.6 Å². The molecule has 2 rings (SSSR count). The van der Waals surface area contributed by atoms with E-state index < -0.39 is 5.60 Å². The fourth-order valence-corrected chi connectivity index (χ4v) is 2.70. The zero-order chi connectivity index (χ0) is 18.8. The topological polar surface area (TPSA) is 67.2 Å². The Bertz CT molecular complexity index is 777. The van der Waals surface area contributed by atoms with Gasteiger partial charge in [-0.25, -0.2) is 4.98 Å². The van der Waals surface area contributed by atoms with E-state index in [0.717, 1.165) is 23.0 Å². The number of nitrogens with zero attached hydrogens (tertiary/aromatic N) is 2. The van der Waals surface area contributed by atoms with Gasteiger partial charge in [-0.3, -0.25) is 10.1 Å². The van der Waals surface area contributed by atoms with Crippen LogP contribution in [0.5, 0.6) is 0 Å². The molecule has 0 aliphatic carbocycles. The van der Waals surface area contributed by atoms with Crippen LogP contribution in [0.15, 0.2) is 30.9 Å². The average molecular weight is 343 g/mol.